The first-order valence-electron chi connectivity index (χ1n) is 6.65. The lowest BCUT2D eigenvalue weighted by Crippen LogP contribution is -2.20. The second-order valence-corrected chi connectivity index (χ2v) is 4.29. The Morgan fingerprint density at radius 1 is 1.32 bits per heavy atom. The fourth-order valence-electron chi connectivity index (χ4n) is 1.83. The average molecular weight is 261 g/mol. The highest BCUT2D eigenvalue weighted by molar-refractivity contribution is 5.97. The molecule has 0 bridgehead atoms. The fraction of sp³-hybridized carbons (Fsp3) is 0.400. The molecule has 1 aromatic heterocycles. The molecule has 0 aliphatic rings. The van der Waals surface area contributed by atoms with E-state index >= 15 is 0 Å². The number of ketones is 1. The van der Waals surface area contributed by atoms with Gasteiger partial charge in [-0.3, -0.25) is 4.79 Å². The van der Waals surface area contributed by atoms with Crippen molar-refractivity contribution in [3.05, 3.63) is 30.0 Å². The third kappa shape index (κ3) is 3.35. The predicted octanol–water partition coefficient (Wildman–Crippen LogP) is 3.01. The van der Waals surface area contributed by atoms with Crippen LogP contribution >= 0.6 is 0 Å². The molecule has 2 rings (SSSR count). The molecule has 0 spiro atoms. The number of carbonyl (C=O) groups is 1. The zero-order valence-electron chi connectivity index (χ0n) is 11.4. The number of rotatable bonds is 7. The van der Waals surface area contributed by atoms with E-state index in [4.69, 9.17) is 9.15 Å². The molecule has 2 aromatic rings. The van der Waals surface area contributed by atoms with E-state index in [1.165, 1.54) is 0 Å². The summed E-state index contributed by atoms with van der Waals surface area (Å²) >= 11 is 0. The van der Waals surface area contributed by atoms with E-state index in [0.717, 1.165) is 24.2 Å². The Kier molecular flexibility index (Phi) is 4.58. The van der Waals surface area contributed by atoms with Crippen molar-refractivity contribution in [2.75, 3.05) is 19.7 Å². The molecule has 4 heteroatoms. The highest BCUT2D eigenvalue weighted by Gasteiger charge is 2.10. The Bertz CT molecular complexity index is 560. The zero-order chi connectivity index (χ0) is 13.7. The third-order valence-corrected chi connectivity index (χ3v) is 2.89. The van der Waals surface area contributed by atoms with Crippen molar-refractivity contribution in [3.63, 3.8) is 0 Å². The van der Waals surface area contributed by atoms with Crippen molar-refractivity contribution in [2.45, 2.75) is 20.3 Å². The van der Waals surface area contributed by atoms with Gasteiger partial charge in [0.15, 0.2) is 11.5 Å². The van der Waals surface area contributed by atoms with Gasteiger partial charge in [0.1, 0.15) is 17.9 Å². The molecule has 0 unspecified atom stereocenters. The van der Waals surface area contributed by atoms with Gasteiger partial charge in [-0.15, -0.1) is 0 Å². The molecular formula is C15H19NO3. The summed E-state index contributed by atoms with van der Waals surface area (Å²) in [6.45, 7) is 6.24. The molecule has 102 valence electrons. The van der Waals surface area contributed by atoms with Gasteiger partial charge < -0.3 is 14.5 Å². The van der Waals surface area contributed by atoms with Gasteiger partial charge in [0, 0.05) is 24.4 Å². The molecular weight excluding hydrogens is 242 g/mol. The first-order chi connectivity index (χ1) is 9.24. The van der Waals surface area contributed by atoms with Crippen LogP contribution in [0.5, 0.6) is 5.75 Å². The van der Waals surface area contributed by atoms with Gasteiger partial charge in [-0.05, 0) is 24.7 Å². The van der Waals surface area contributed by atoms with Gasteiger partial charge >= 0.3 is 0 Å². The van der Waals surface area contributed by atoms with Crippen LogP contribution in [0.15, 0.2) is 28.7 Å². The van der Waals surface area contributed by atoms with Crippen molar-refractivity contribution in [1.82, 2.24) is 5.32 Å². The molecule has 1 N–H and O–H groups in total. The number of hydrogen-bond acceptors (Lipinski definition) is 4. The van der Waals surface area contributed by atoms with Crippen LogP contribution in [0.4, 0.5) is 0 Å². The predicted molar refractivity (Wildman–Crippen MR) is 74.9 cm³/mol. The quantitative estimate of drug-likeness (QED) is 0.615. The molecule has 0 saturated heterocycles. The maximum atomic E-state index is 11.6. The lowest BCUT2D eigenvalue weighted by atomic mass is 10.2. The minimum absolute atomic E-state index is 0.0193. The second-order valence-electron chi connectivity index (χ2n) is 4.29. The van der Waals surface area contributed by atoms with Crippen LogP contribution in [0.1, 0.15) is 30.8 Å². The maximum absolute atomic E-state index is 11.6. The highest BCUT2D eigenvalue weighted by Crippen LogP contribution is 2.24. The van der Waals surface area contributed by atoms with E-state index in [9.17, 15) is 4.79 Å². The summed E-state index contributed by atoms with van der Waals surface area (Å²) in [5, 5.41) is 4.12. The molecule has 0 aliphatic heterocycles. The Balaban J connectivity index is 2.09. The van der Waals surface area contributed by atoms with Gasteiger partial charge in [-0.2, -0.15) is 0 Å². The lowest BCUT2D eigenvalue weighted by Gasteiger charge is -2.05. The minimum atomic E-state index is 0.0193. The molecule has 0 saturated carbocycles. The molecule has 19 heavy (non-hydrogen) atoms. The summed E-state index contributed by atoms with van der Waals surface area (Å²) in [6.07, 6.45) is 0.450. The summed E-state index contributed by atoms with van der Waals surface area (Å²) in [5.74, 6) is 1.20. The summed E-state index contributed by atoms with van der Waals surface area (Å²) in [6, 6.07) is 7.41. The average Bonchev–Trinajstić information content (AvgIpc) is 2.85. The van der Waals surface area contributed by atoms with Crippen LogP contribution in [0.3, 0.4) is 0 Å². The molecule has 1 heterocycles. The highest BCUT2D eigenvalue weighted by atomic mass is 16.5. The summed E-state index contributed by atoms with van der Waals surface area (Å²) in [5.41, 5.74) is 0.692. The number of hydrogen-bond donors (Lipinski definition) is 1. The number of benzene rings is 1. The number of ether oxygens (including phenoxy) is 1. The molecule has 0 radical (unpaired) electrons. The maximum Gasteiger partial charge on any atom is 0.197 e. The number of furan rings is 1. The molecule has 0 aliphatic carbocycles. The molecule has 0 atom stereocenters. The van der Waals surface area contributed by atoms with Gasteiger partial charge in [0.25, 0.3) is 0 Å². The number of fused-ring (bicyclic) bond motifs is 1. The second kappa shape index (κ2) is 6.38. The summed E-state index contributed by atoms with van der Waals surface area (Å²) < 4.78 is 11.1. The Labute approximate surface area is 112 Å². The van der Waals surface area contributed by atoms with Gasteiger partial charge in [0.05, 0.1) is 0 Å². The SMILES string of the molecule is CCNCCOc1ccc2cc(C(=O)CC)oc2c1. The number of carbonyl (C=O) groups excluding carboxylic acids is 1. The molecule has 0 amide bonds. The summed E-state index contributed by atoms with van der Waals surface area (Å²) in [4.78, 5) is 11.6. The van der Waals surface area contributed by atoms with Crippen LogP contribution in [-0.4, -0.2) is 25.5 Å². The van der Waals surface area contributed by atoms with Crippen LogP contribution < -0.4 is 10.1 Å². The Morgan fingerprint density at radius 3 is 2.89 bits per heavy atom. The van der Waals surface area contributed by atoms with Gasteiger partial charge in [0.2, 0.25) is 0 Å². The largest absolute Gasteiger partial charge is 0.492 e. The molecule has 4 nitrogen and oxygen atoms in total. The van der Waals surface area contributed by atoms with Gasteiger partial charge in [-0.25, -0.2) is 0 Å². The van der Waals surface area contributed by atoms with Crippen molar-refractivity contribution in [2.24, 2.45) is 0 Å². The molecule has 0 fully saturated rings. The van der Waals surface area contributed by atoms with E-state index in [1.54, 1.807) is 6.07 Å². The Hall–Kier alpha value is -1.81. The number of Topliss-reactive ketones (excluding diaryl/α,β-unsaturated/α-hetero) is 1. The van der Waals surface area contributed by atoms with Gasteiger partial charge in [-0.1, -0.05) is 13.8 Å². The number of likely N-dealkylation sites (N-methyl/N-ethyl adjacent to an activating group) is 1. The van der Waals surface area contributed by atoms with Crippen molar-refractivity contribution < 1.29 is 13.9 Å². The smallest absolute Gasteiger partial charge is 0.197 e. The van der Waals surface area contributed by atoms with Crippen molar-refractivity contribution in [3.8, 4) is 5.75 Å². The minimum Gasteiger partial charge on any atom is -0.492 e. The van der Waals surface area contributed by atoms with Crippen LogP contribution in [0.2, 0.25) is 0 Å². The Morgan fingerprint density at radius 2 is 2.16 bits per heavy atom. The fourth-order valence-corrected chi connectivity index (χ4v) is 1.83. The van der Waals surface area contributed by atoms with E-state index in [0.29, 0.717) is 24.4 Å². The third-order valence-electron chi connectivity index (χ3n) is 2.89. The lowest BCUT2D eigenvalue weighted by molar-refractivity contribution is 0.0963. The zero-order valence-corrected chi connectivity index (χ0v) is 11.4. The van der Waals surface area contributed by atoms with E-state index < -0.39 is 0 Å². The van der Waals surface area contributed by atoms with Crippen LogP contribution in [0, 0.1) is 0 Å². The normalized spacial score (nSPS) is 10.8. The first-order valence-corrected chi connectivity index (χ1v) is 6.65. The van der Waals surface area contributed by atoms with Crippen molar-refractivity contribution >= 4 is 16.8 Å². The number of nitrogens with one attached hydrogen (secondary N) is 1. The monoisotopic (exact) mass is 261 g/mol. The van der Waals surface area contributed by atoms with E-state index in [1.807, 2.05) is 25.1 Å². The van der Waals surface area contributed by atoms with E-state index in [2.05, 4.69) is 12.2 Å². The van der Waals surface area contributed by atoms with Crippen molar-refractivity contribution in [1.29, 1.82) is 0 Å². The topological polar surface area (TPSA) is 51.5 Å². The standard InChI is InChI=1S/C15H19NO3/c1-3-13(17)15-9-11-5-6-12(10-14(11)19-15)18-8-7-16-4-2/h5-6,9-10,16H,3-4,7-8H2,1-2H3. The molecule has 1 aromatic carbocycles. The van der Waals surface area contributed by atoms with Crippen LogP contribution in [-0.2, 0) is 0 Å². The van der Waals surface area contributed by atoms with E-state index in [-0.39, 0.29) is 5.78 Å². The van der Waals surface area contributed by atoms with Crippen LogP contribution in [0.25, 0.3) is 11.0 Å². The summed E-state index contributed by atoms with van der Waals surface area (Å²) in [7, 11) is 0. The first kappa shape index (κ1) is 13.6.